The summed E-state index contributed by atoms with van der Waals surface area (Å²) in [7, 11) is 0. The molecule has 2 aliphatic rings. The van der Waals surface area contributed by atoms with Crippen LogP contribution in [0.3, 0.4) is 0 Å². The van der Waals surface area contributed by atoms with Gasteiger partial charge in [0.05, 0.1) is 6.54 Å². The average Bonchev–Trinajstić information content (AvgIpc) is 3.09. The second-order valence-corrected chi connectivity index (χ2v) is 6.49. The number of amides is 1. The number of carbonyl (C=O) groups is 1. The predicted octanol–water partition coefficient (Wildman–Crippen LogP) is 1.61. The smallest absolute Gasteiger partial charge is 0.219 e. The number of carbonyl (C=O) groups excluding carboxylic acids is 1. The number of hydrogen-bond acceptors (Lipinski definition) is 3. The second kappa shape index (κ2) is 11.1. The number of hydrogen-bond donors (Lipinski definition) is 1. The van der Waals surface area contributed by atoms with Crippen molar-refractivity contribution in [3.63, 3.8) is 0 Å². The maximum atomic E-state index is 11.5. The SMILES string of the molecule is CCNC(=NCC(CC)N1CCCC1)N1CCN(C(C)=O)CC1.I. The summed E-state index contributed by atoms with van der Waals surface area (Å²) >= 11 is 0. The van der Waals surface area contributed by atoms with Crippen molar-refractivity contribution in [1.29, 1.82) is 0 Å². The van der Waals surface area contributed by atoms with Crippen LogP contribution in [0, 0.1) is 0 Å². The quantitative estimate of drug-likeness (QED) is 0.392. The van der Waals surface area contributed by atoms with Gasteiger partial charge in [0.15, 0.2) is 5.96 Å². The molecule has 2 heterocycles. The Balaban J connectivity index is 0.00000288. The topological polar surface area (TPSA) is 51.2 Å². The van der Waals surface area contributed by atoms with Crippen LogP contribution in [0.4, 0.5) is 0 Å². The van der Waals surface area contributed by atoms with Crippen LogP contribution in [0.5, 0.6) is 0 Å². The van der Waals surface area contributed by atoms with Gasteiger partial charge < -0.3 is 15.1 Å². The fourth-order valence-corrected chi connectivity index (χ4v) is 3.46. The molecule has 140 valence electrons. The van der Waals surface area contributed by atoms with Gasteiger partial charge >= 0.3 is 0 Å². The van der Waals surface area contributed by atoms with Crippen molar-refractivity contribution in [3.05, 3.63) is 0 Å². The molecule has 0 aliphatic carbocycles. The van der Waals surface area contributed by atoms with Crippen molar-refractivity contribution < 1.29 is 4.79 Å². The van der Waals surface area contributed by atoms with Crippen LogP contribution in [0.1, 0.15) is 40.0 Å². The van der Waals surface area contributed by atoms with Crippen LogP contribution in [0.15, 0.2) is 4.99 Å². The Bertz CT molecular complexity index is 404. The molecule has 6 nitrogen and oxygen atoms in total. The van der Waals surface area contributed by atoms with Gasteiger partial charge in [0.2, 0.25) is 5.91 Å². The first-order valence-corrected chi connectivity index (χ1v) is 9.18. The zero-order valence-corrected chi connectivity index (χ0v) is 17.8. The maximum Gasteiger partial charge on any atom is 0.219 e. The lowest BCUT2D eigenvalue weighted by Gasteiger charge is -2.36. The molecule has 0 saturated carbocycles. The average molecular weight is 451 g/mol. The van der Waals surface area contributed by atoms with Crippen LogP contribution in [-0.2, 0) is 4.79 Å². The van der Waals surface area contributed by atoms with Gasteiger partial charge in [-0.1, -0.05) is 6.92 Å². The summed E-state index contributed by atoms with van der Waals surface area (Å²) in [5.41, 5.74) is 0. The summed E-state index contributed by atoms with van der Waals surface area (Å²) in [6.45, 7) is 13.5. The van der Waals surface area contributed by atoms with Crippen LogP contribution in [0.25, 0.3) is 0 Å². The standard InChI is InChI=1S/C17H33N5O.HI/c1-4-16(21-8-6-7-9-21)14-19-17(18-5-2)22-12-10-20(11-13-22)15(3)23;/h16H,4-14H2,1-3H3,(H,18,19);1H. The minimum Gasteiger partial charge on any atom is -0.357 e. The van der Waals surface area contributed by atoms with Gasteiger partial charge in [0, 0.05) is 45.7 Å². The molecule has 0 aromatic rings. The van der Waals surface area contributed by atoms with E-state index in [-0.39, 0.29) is 29.9 Å². The van der Waals surface area contributed by atoms with E-state index in [1.165, 1.54) is 25.9 Å². The third kappa shape index (κ3) is 6.06. The molecule has 1 amide bonds. The Hall–Kier alpha value is -0.570. The van der Waals surface area contributed by atoms with Gasteiger partial charge in [0.25, 0.3) is 0 Å². The van der Waals surface area contributed by atoms with Gasteiger partial charge in [-0.05, 0) is 39.3 Å². The van der Waals surface area contributed by atoms with Gasteiger partial charge in [-0.3, -0.25) is 14.7 Å². The molecule has 1 N–H and O–H groups in total. The highest BCUT2D eigenvalue weighted by Crippen LogP contribution is 2.14. The molecule has 0 aromatic carbocycles. The van der Waals surface area contributed by atoms with E-state index in [1.807, 2.05) is 4.90 Å². The lowest BCUT2D eigenvalue weighted by molar-refractivity contribution is -0.130. The number of rotatable bonds is 5. The monoisotopic (exact) mass is 451 g/mol. The molecule has 2 aliphatic heterocycles. The van der Waals surface area contributed by atoms with Gasteiger partial charge in [0.1, 0.15) is 0 Å². The molecule has 1 unspecified atom stereocenters. The Labute approximate surface area is 164 Å². The van der Waals surface area contributed by atoms with Crippen LogP contribution < -0.4 is 5.32 Å². The summed E-state index contributed by atoms with van der Waals surface area (Å²) in [5, 5.41) is 3.42. The van der Waals surface area contributed by atoms with Crippen LogP contribution in [-0.4, -0.2) is 85.0 Å². The normalized spacial score (nSPS) is 20.7. The van der Waals surface area contributed by atoms with E-state index < -0.39 is 0 Å². The summed E-state index contributed by atoms with van der Waals surface area (Å²) < 4.78 is 0. The number of guanidine groups is 1. The zero-order chi connectivity index (χ0) is 16.7. The molecule has 2 saturated heterocycles. The number of nitrogens with one attached hydrogen (secondary N) is 1. The highest BCUT2D eigenvalue weighted by atomic mass is 127. The van der Waals surface area contributed by atoms with E-state index in [4.69, 9.17) is 4.99 Å². The van der Waals surface area contributed by atoms with E-state index in [9.17, 15) is 4.79 Å². The predicted molar refractivity (Wildman–Crippen MR) is 110 cm³/mol. The summed E-state index contributed by atoms with van der Waals surface area (Å²) in [6, 6.07) is 0.560. The van der Waals surface area contributed by atoms with Gasteiger partial charge in [-0.25, -0.2) is 0 Å². The first-order valence-electron chi connectivity index (χ1n) is 9.18. The van der Waals surface area contributed by atoms with Crippen molar-refractivity contribution in [3.8, 4) is 0 Å². The third-order valence-corrected chi connectivity index (χ3v) is 4.94. The molecule has 24 heavy (non-hydrogen) atoms. The molecular weight excluding hydrogens is 417 g/mol. The minimum atomic E-state index is 0. The number of nitrogens with zero attached hydrogens (tertiary/aromatic N) is 4. The Kier molecular flexibility index (Phi) is 9.95. The highest BCUT2D eigenvalue weighted by molar-refractivity contribution is 14.0. The van der Waals surface area contributed by atoms with Crippen molar-refractivity contribution in [2.75, 3.05) is 52.4 Å². The highest BCUT2D eigenvalue weighted by Gasteiger charge is 2.23. The number of aliphatic imine (C=N–C) groups is 1. The fourth-order valence-electron chi connectivity index (χ4n) is 3.46. The Morgan fingerprint density at radius 1 is 1.04 bits per heavy atom. The molecule has 7 heteroatoms. The molecular formula is C17H34IN5O. The van der Waals surface area contributed by atoms with Gasteiger partial charge in [-0.15, -0.1) is 24.0 Å². The van der Waals surface area contributed by atoms with E-state index >= 15 is 0 Å². The second-order valence-electron chi connectivity index (χ2n) is 6.49. The van der Waals surface area contributed by atoms with E-state index in [0.717, 1.165) is 51.6 Å². The molecule has 0 spiro atoms. The van der Waals surface area contributed by atoms with E-state index in [2.05, 4.69) is 29.0 Å². The molecule has 2 fully saturated rings. The van der Waals surface area contributed by atoms with Crippen LogP contribution >= 0.6 is 24.0 Å². The lowest BCUT2D eigenvalue weighted by atomic mass is 10.2. The summed E-state index contributed by atoms with van der Waals surface area (Å²) in [5.74, 6) is 1.18. The van der Waals surface area contributed by atoms with Gasteiger partial charge in [-0.2, -0.15) is 0 Å². The molecule has 0 radical (unpaired) electrons. The van der Waals surface area contributed by atoms with Crippen molar-refractivity contribution in [1.82, 2.24) is 20.0 Å². The largest absolute Gasteiger partial charge is 0.357 e. The molecule has 1 atom stereocenters. The van der Waals surface area contributed by atoms with Crippen molar-refractivity contribution in [2.45, 2.75) is 46.1 Å². The lowest BCUT2D eigenvalue weighted by Crippen LogP contribution is -2.53. The minimum absolute atomic E-state index is 0. The van der Waals surface area contributed by atoms with Crippen molar-refractivity contribution in [2.24, 2.45) is 4.99 Å². The first kappa shape index (κ1) is 21.5. The number of halogens is 1. The molecule has 0 bridgehead atoms. The summed E-state index contributed by atoms with van der Waals surface area (Å²) in [4.78, 5) is 23.2. The molecule has 0 aromatic heterocycles. The van der Waals surface area contributed by atoms with E-state index in [0.29, 0.717) is 6.04 Å². The Morgan fingerprint density at radius 3 is 2.12 bits per heavy atom. The summed E-state index contributed by atoms with van der Waals surface area (Å²) in [6.07, 6.45) is 3.81. The van der Waals surface area contributed by atoms with E-state index in [1.54, 1.807) is 6.92 Å². The zero-order valence-electron chi connectivity index (χ0n) is 15.5. The number of likely N-dealkylation sites (tertiary alicyclic amines) is 1. The molecule has 2 rings (SSSR count). The van der Waals surface area contributed by atoms with Crippen molar-refractivity contribution >= 4 is 35.8 Å². The first-order chi connectivity index (χ1) is 11.2. The Morgan fingerprint density at radius 2 is 1.62 bits per heavy atom. The third-order valence-electron chi connectivity index (χ3n) is 4.94. The van der Waals surface area contributed by atoms with Crippen LogP contribution in [0.2, 0.25) is 0 Å². The fraction of sp³-hybridized carbons (Fsp3) is 0.882. The number of piperazine rings is 1. The maximum absolute atomic E-state index is 11.5.